The predicted molar refractivity (Wildman–Crippen MR) is 57.8 cm³/mol. The first-order chi connectivity index (χ1) is 7.22. The van der Waals surface area contributed by atoms with Crippen molar-refractivity contribution in [3.05, 3.63) is 29.6 Å². The monoisotopic (exact) mass is 227 g/mol. The molecule has 0 bridgehead atoms. The maximum atomic E-state index is 13.1. The van der Waals surface area contributed by atoms with Crippen molar-refractivity contribution in [3.63, 3.8) is 0 Å². The van der Waals surface area contributed by atoms with E-state index in [2.05, 4.69) is 0 Å². The lowest BCUT2D eigenvalue weighted by atomic mass is 10.0. The van der Waals surface area contributed by atoms with Gasteiger partial charge >= 0.3 is 0 Å². The van der Waals surface area contributed by atoms with Crippen LogP contribution in [0.15, 0.2) is 18.2 Å². The lowest BCUT2D eigenvalue weighted by Gasteiger charge is -2.28. The van der Waals surface area contributed by atoms with Gasteiger partial charge < -0.3 is 4.90 Å². The van der Waals surface area contributed by atoms with Gasteiger partial charge in [0.2, 0.25) is 5.91 Å². The molecule has 1 heterocycles. The molecule has 0 spiro atoms. The molecule has 0 fully saturated rings. The molecule has 80 valence electrons. The van der Waals surface area contributed by atoms with E-state index in [1.165, 1.54) is 12.1 Å². The minimum Gasteiger partial charge on any atom is -0.311 e. The lowest BCUT2D eigenvalue weighted by Crippen LogP contribution is -2.36. The Labute approximate surface area is 92.6 Å². The zero-order chi connectivity index (χ0) is 10.8. The summed E-state index contributed by atoms with van der Waals surface area (Å²) in [6.45, 7) is 0.627. The van der Waals surface area contributed by atoms with Crippen LogP contribution in [-0.4, -0.2) is 18.3 Å². The number of amides is 1. The lowest BCUT2D eigenvalue weighted by molar-refractivity contribution is -0.116. The molecule has 1 amide bonds. The summed E-state index contributed by atoms with van der Waals surface area (Å²) in [6, 6.07) is 4.56. The molecule has 15 heavy (non-hydrogen) atoms. The van der Waals surface area contributed by atoms with Crippen LogP contribution < -0.4 is 4.90 Å². The van der Waals surface area contributed by atoms with E-state index < -0.39 is 0 Å². The van der Waals surface area contributed by atoms with Gasteiger partial charge in [0, 0.05) is 12.2 Å². The van der Waals surface area contributed by atoms with Gasteiger partial charge in [-0.15, -0.1) is 11.6 Å². The average Bonchev–Trinajstić information content (AvgIpc) is 2.27. The molecule has 1 aliphatic rings. The molecular formula is C11H11ClFNO. The molecule has 0 aromatic heterocycles. The molecule has 0 atom stereocenters. The number of halogens is 2. The molecule has 1 aromatic carbocycles. The van der Waals surface area contributed by atoms with Gasteiger partial charge in [0.25, 0.3) is 0 Å². The first-order valence-electron chi connectivity index (χ1n) is 4.87. The van der Waals surface area contributed by atoms with Crippen LogP contribution >= 0.6 is 11.6 Å². The third kappa shape index (κ3) is 1.97. The van der Waals surface area contributed by atoms with Crippen molar-refractivity contribution in [1.82, 2.24) is 0 Å². The van der Waals surface area contributed by atoms with E-state index in [4.69, 9.17) is 11.6 Å². The molecule has 2 nitrogen and oxygen atoms in total. The second-order valence-corrected chi connectivity index (χ2v) is 3.82. The van der Waals surface area contributed by atoms with Crippen LogP contribution in [0.2, 0.25) is 0 Å². The summed E-state index contributed by atoms with van der Waals surface area (Å²) < 4.78 is 13.1. The van der Waals surface area contributed by atoms with Crippen LogP contribution in [-0.2, 0) is 11.2 Å². The molecule has 0 N–H and O–H groups in total. The fourth-order valence-electron chi connectivity index (χ4n) is 1.88. The smallest absolute Gasteiger partial charge is 0.241 e. The van der Waals surface area contributed by atoms with E-state index in [9.17, 15) is 9.18 Å². The van der Waals surface area contributed by atoms with Crippen LogP contribution in [0, 0.1) is 5.82 Å². The van der Waals surface area contributed by atoms with Gasteiger partial charge in [-0.05, 0) is 30.5 Å². The number of aryl methyl sites for hydroxylation is 1. The molecule has 1 aromatic rings. The molecule has 0 radical (unpaired) electrons. The first kappa shape index (κ1) is 10.4. The highest BCUT2D eigenvalue weighted by atomic mass is 35.5. The number of anilines is 1. The van der Waals surface area contributed by atoms with Crippen LogP contribution in [0.5, 0.6) is 0 Å². The van der Waals surface area contributed by atoms with Crippen LogP contribution in [0.3, 0.4) is 0 Å². The number of benzene rings is 1. The number of nitrogens with zero attached hydrogens (tertiary/aromatic N) is 1. The van der Waals surface area contributed by atoms with E-state index in [1.54, 1.807) is 11.0 Å². The van der Waals surface area contributed by atoms with Crippen molar-refractivity contribution >= 4 is 23.2 Å². The normalized spacial score (nSPS) is 14.9. The molecule has 1 aliphatic heterocycles. The highest BCUT2D eigenvalue weighted by Crippen LogP contribution is 2.27. The van der Waals surface area contributed by atoms with Crippen molar-refractivity contribution in [2.24, 2.45) is 0 Å². The van der Waals surface area contributed by atoms with Crippen molar-refractivity contribution < 1.29 is 9.18 Å². The molecule has 0 aliphatic carbocycles. The quantitative estimate of drug-likeness (QED) is 0.675. The Kier molecular flexibility index (Phi) is 2.91. The average molecular weight is 228 g/mol. The topological polar surface area (TPSA) is 20.3 Å². The first-order valence-corrected chi connectivity index (χ1v) is 5.40. The van der Waals surface area contributed by atoms with E-state index in [0.717, 1.165) is 18.4 Å². The fourth-order valence-corrected chi connectivity index (χ4v) is 2.02. The van der Waals surface area contributed by atoms with E-state index in [0.29, 0.717) is 12.2 Å². The Bertz CT molecular complexity index is 394. The van der Waals surface area contributed by atoms with Crippen molar-refractivity contribution in [2.75, 3.05) is 17.3 Å². The summed E-state index contributed by atoms with van der Waals surface area (Å²) in [5.74, 6) is -0.540. The molecule has 0 unspecified atom stereocenters. The summed E-state index contributed by atoms with van der Waals surface area (Å²) in [5.41, 5.74) is 1.69. The van der Waals surface area contributed by atoms with Gasteiger partial charge in [0.1, 0.15) is 11.7 Å². The maximum absolute atomic E-state index is 13.1. The zero-order valence-corrected chi connectivity index (χ0v) is 8.93. The number of hydrogen-bond donors (Lipinski definition) is 0. The summed E-state index contributed by atoms with van der Waals surface area (Å²) in [7, 11) is 0. The van der Waals surface area contributed by atoms with Gasteiger partial charge in [-0.25, -0.2) is 4.39 Å². The van der Waals surface area contributed by atoms with Crippen LogP contribution in [0.25, 0.3) is 0 Å². The van der Waals surface area contributed by atoms with Gasteiger partial charge in [-0.1, -0.05) is 6.07 Å². The van der Waals surface area contributed by atoms with E-state index in [1.807, 2.05) is 0 Å². The Balaban J connectivity index is 2.40. The molecular weight excluding hydrogens is 217 g/mol. The minimum atomic E-state index is -0.317. The summed E-state index contributed by atoms with van der Waals surface area (Å²) in [4.78, 5) is 13.1. The third-order valence-electron chi connectivity index (χ3n) is 2.58. The molecule has 0 saturated carbocycles. The third-order valence-corrected chi connectivity index (χ3v) is 2.81. The largest absolute Gasteiger partial charge is 0.311 e. The standard InChI is InChI=1S/C11H11ClFNO/c12-7-11(15)14-5-1-2-8-3-4-9(13)6-10(8)14/h3-4,6H,1-2,5,7H2. The Hall–Kier alpha value is -1.09. The number of fused-ring (bicyclic) bond motifs is 1. The maximum Gasteiger partial charge on any atom is 0.241 e. The highest BCUT2D eigenvalue weighted by molar-refractivity contribution is 6.29. The SMILES string of the molecule is O=C(CCl)N1CCCc2ccc(F)cc21. The fraction of sp³-hybridized carbons (Fsp3) is 0.364. The highest BCUT2D eigenvalue weighted by Gasteiger charge is 2.21. The Morgan fingerprint density at radius 2 is 2.33 bits per heavy atom. The van der Waals surface area contributed by atoms with Gasteiger partial charge in [0.05, 0.1) is 0 Å². The number of carbonyl (C=O) groups is 1. The van der Waals surface area contributed by atoms with Crippen LogP contribution in [0.1, 0.15) is 12.0 Å². The summed E-state index contributed by atoms with van der Waals surface area (Å²) >= 11 is 5.51. The number of rotatable bonds is 1. The van der Waals surface area contributed by atoms with E-state index >= 15 is 0 Å². The molecule has 2 rings (SSSR count). The number of hydrogen-bond acceptors (Lipinski definition) is 1. The second-order valence-electron chi connectivity index (χ2n) is 3.56. The van der Waals surface area contributed by atoms with Crippen molar-refractivity contribution in [3.8, 4) is 0 Å². The van der Waals surface area contributed by atoms with Gasteiger partial charge in [-0.3, -0.25) is 4.79 Å². The zero-order valence-electron chi connectivity index (χ0n) is 8.17. The molecule has 4 heteroatoms. The van der Waals surface area contributed by atoms with Gasteiger partial charge in [0.15, 0.2) is 0 Å². The second kappa shape index (κ2) is 4.19. The Morgan fingerprint density at radius 3 is 3.07 bits per heavy atom. The molecule has 0 saturated heterocycles. The predicted octanol–water partition coefficient (Wildman–Crippen LogP) is 2.34. The minimum absolute atomic E-state index is 0.0596. The summed E-state index contributed by atoms with van der Waals surface area (Å²) in [6.07, 6.45) is 1.79. The van der Waals surface area contributed by atoms with Crippen LogP contribution in [0.4, 0.5) is 10.1 Å². The Morgan fingerprint density at radius 1 is 1.53 bits per heavy atom. The summed E-state index contributed by atoms with van der Waals surface area (Å²) in [5, 5.41) is 0. The van der Waals surface area contributed by atoms with Crippen molar-refractivity contribution in [2.45, 2.75) is 12.8 Å². The number of alkyl halides is 1. The van der Waals surface area contributed by atoms with Gasteiger partial charge in [-0.2, -0.15) is 0 Å². The van der Waals surface area contributed by atoms with E-state index in [-0.39, 0.29) is 17.6 Å². The van der Waals surface area contributed by atoms with Crippen molar-refractivity contribution in [1.29, 1.82) is 0 Å². The number of carbonyl (C=O) groups excluding carboxylic acids is 1.